The van der Waals surface area contributed by atoms with Crippen LogP contribution in [0.5, 0.6) is 11.5 Å². The molecule has 0 bridgehead atoms. The fraction of sp³-hybridized carbons (Fsp3) is 0.276. The molecule has 0 N–H and O–H groups in total. The molecule has 0 aliphatic heterocycles. The predicted octanol–water partition coefficient (Wildman–Crippen LogP) is 12.7. The molecule has 0 spiro atoms. The second-order valence-corrected chi connectivity index (χ2v) is 19.6. The molecule has 3 heterocycles. The minimum absolute atomic E-state index is 0. The lowest BCUT2D eigenvalue weighted by atomic mass is 9.85. The summed E-state index contributed by atoms with van der Waals surface area (Å²) in [5.41, 5.74) is 15.8. The van der Waals surface area contributed by atoms with E-state index in [1.54, 1.807) is 0 Å². The van der Waals surface area contributed by atoms with E-state index in [-0.39, 0.29) is 17.8 Å². The number of ether oxygens (including phenoxy) is 1. The molecule has 0 atom stereocenters. The van der Waals surface area contributed by atoms with Gasteiger partial charge in [0.2, 0.25) is 0 Å². The summed E-state index contributed by atoms with van der Waals surface area (Å²) in [6.45, 7) is 25.1. The Morgan fingerprint density at radius 3 is 1.78 bits per heavy atom. The van der Waals surface area contributed by atoms with Crippen LogP contribution in [0.2, 0.25) is 0 Å². The number of hydrogen-bond donors (Lipinski definition) is 0. The Hall–Kier alpha value is -6.17. The van der Waals surface area contributed by atoms with Crippen LogP contribution in [0.15, 0.2) is 146 Å². The zero-order valence-corrected chi connectivity index (χ0v) is 40.0. The topological polar surface area (TPSA) is 35.9 Å². The average Bonchev–Trinajstić information content (AvgIpc) is 3.81. The third kappa shape index (κ3) is 8.00. The van der Waals surface area contributed by atoms with Gasteiger partial charge in [0.25, 0.3) is 6.33 Å². The predicted molar refractivity (Wildman–Crippen MR) is 264 cm³/mol. The lowest BCUT2D eigenvalue weighted by Gasteiger charge is -2.21. The third-order valence-electron chi connectivity index (χ3n) is 12.8. The molecule has 64 heavy (non-hydrogen) atoms. The first kappa shape index (κ1) is 44.4. The van der Waals surface area contributed by atoms with Crippen molar-refractivity contribution in [1.82, 2.24) is 14.1 Å². The van der Waals surface area contributed by atoms with Crippen LogP contribution in [0.1, 0.15) is 128 Å². The average molecular weight is 866 g/mol. The highest BCUT2D eigenvalue weighted by molar-refractivity contribution is 6.09. The van der Waals surface area contributed by atoms with Gasteiger partial charge in [-0.05, 0) is 112 Å². The number of pyridine rings is 1. The summed E-state index contributed by atoms with van der Waals surface area (Å²) in [4.78, 5) is 4.94. The second kappa shape index (κ2) is 17.4. The Morgan fingerprint density at radius 1 is 0.547 bits per heavy atom. The maximum Gasteiger partial charge on any atom is 0.255 e. The normalized spacial score (nSPS) is 12.1. The molecule has 6 heteroatoms. The molecule has 0 saturated carbocycles. The van der Waals surface area contributed by atoms with Crippen LogP contribution in [0.3, 0.4) is 0 Å². The molecule has 0 saturated heterocycles. The molecule has 9 rings (SSSR count). The second-order valence-electron chi connectivity index (χ2n) is 19.6. The van der Waals surface area contributed by atoms with Crippen molar-refractivity contribution >= 4 is 32.8 Å². The van der Waals surface area contributed by atoms with Crippen molar-refractivity contribution in [3.8, 4) is 39.8 Å². The summed E-state index contributed by atoms with van der Waals surface area (Å²) in [5, 5.41) is 2.35. The van der Waals surface area contributed by atoms with Crippen LogP contribution in [0.4, 0.5) is 0 Å². The summed E-state index contributed by atoms with van der Waals surface area (Å²) in [5.74, 6) is 3.81. The number of para-hydroxylation sites is 4. The van der Waals surface area contributed by atoms with Crippen molar-refractivity contribution in [1.29, 1.82) is 0 Å². The molecule has 0 unspecified atom stereocenters. The van der Waals surface area contributed by atoms with Crippen LogP contribution in [0, 0.1) is 0 Å². The molecule has 0 amide bonds. The number of hydrogen-bond acceptors (Lipinski definition) is 2. The Balaban J connectivity index is 0.00000560. The molecular formula is C58H61ClN4O. The van der Waals surface area contributed by atoms with Crippen LogP contribution in [-0.2, 0) is 5.41 Å². The van der Waals surface area contributed by atoms with Gasteiger partial charge in [-0.25, -0.2) is 4.98 Å². The first-order valence-electron chi connectivity index (χ1n) is 22.8. The molecule has 5 nitrogen and oxygen atoms in total. The fourth-order valence-corrected chi connectivity index (χ4v) is 9.50. The van der Waals surface area contributed by atoms with Crippen molar-refractivity contribution in [2.24, 2.45) is 0 Å². The summed E-state index contributed by atoms with van der Waals surface area (Å²) >= 11 is 0. The first-order valence-corrected chi connectivity index (χ1v) is 22.8. The van der Waals surface area contributed by atoms with Gasteiger partial charge in [0.15, 0.2) is 11.0 Å². The number of rotatable bonds is 10. The van der Waals surface area contributed by atoms with Gasteiger partial charge in [0, 0.05) is 40.2 Å². The minimum Gasteiger partial charge on any atom is -1.00 e. The van der Waals surface area contributed by atoms with E-state index in [2.05, 4.69) is 230 Å². The highest BCUT2D eigenvalue weighted by atomic mass is 35.5. The summed E-state index contributed by atoms with van der Waals surface area (Å²) in [6, 6.07) is 48.7. The SMILES string of the molecule is CC(C)c1cccc(C(C)C)c1-c1cc(Oc2ccc3c4ccccc4n(-c4cc(C(C)(C)C)ccn4)c3c2)cc(-n2c[n+](-c3c(C(C)C)cccc3C(C)C)c3ccccc32)c1.[Cl-]. The fourth-order valence-electron chi connectivity index (χ4n) is 9.50. The quantitative estimate of drug-likeness (QED) is 0.128. The molecule has 0 fully saturated rings. The van der Waals surface area contributed by atoms with E-state index in [1.807, 2.05) is 6.20 Å². The Labute approximate surface area is 385 Å². The number of imidazole rings is 1. The summed E-state index contributed by atoms with van der Waals surface area (Å²) in [7, 11) is 0. The number of fused-ring (bicyclic) bond motifs is 4. The summed E-state index contributed by atoms with van der Waals surface area (Å²) in [6.07, 6.45) is 4.23. The van der Waals surface area contributed by atoms with E-state index in [1.165, 1.54) is 44.5 Å². The zero-order chi connectivity index (χ0) is 44.3. The van der Waals surface area contributed by atoms with E-state index in [0.717, 1.165) is 56.0 Å². The number of nitrogens with zero attached hydrogens (tertiary/aromatic N) is 4. The van der Waals surface area contributed by atoms with Crippen molar-refractivity contribution < 1.29 is 21.7 Å². The van der Waals surface area contributed by atoms with Gasteiger partial charge in [0.1, 0.15) is 28.7 Å². The van der Waals surface area contributed by atoms with Crippen molar-refractivity contribution in [2.45, 2.75) is 105 Å². The molecule has 0 aliphatic rings. The van der Waals surface area contributed by atoms with E-state index in [0.29, 0.717) is 23.7 Å². The minimum atomic E-state index is -0.0179. The third-order valence-corrected chi connectivity index (χ3v) is 12.8. The Morgan fingerprint density at radius 2 is 1.14 bits per heavy atom. The van der Waals surface area contributed by atoms with Crippen molar-refractivity contribution in [3.63, 3.8) is 0 Å². The Kier molecular flexibility index (Phi) is 12.1. The van der Waals surface area contributed by atoms with Gasteiger partial charge in [-0.15, -0.1) is 0 Å². The lowest BCUT2D eigenvalue weighted by Crippen LogP contribution is -3.00. The number of aromatic nitrogens is 4. The van der Waals surface area contributed by atoms with Gasteiger partial charge in [-0.1, -0.05) is 143 Å². The monoisotopic (exact) mass is 864 g/mol. The van der Waals surface area contributed by atoms with Gasteiger partial charge >= 0.3 is 0 Å². The molecular weight excluding hydrogens is 804 g/mol. The van der Waals surface area contributed by atoms with Gasteiger partial charge in [-0.2, -0.15) is 9.13 Å². The molecule has 0 radical (unpaired) electrons. The van der Waals surface area contributed by atoms with E-state index >= 15 is 0 Å². The van der Waals surface area contributed by atoms with Crippen molar-refractivity contribution in [2.75, 3.05) is 0 Å². The maximum atomic E-state index is 7.13. The number of benzene rings is 6. The highest BCUT2D eigenvalue weighted by Gasteiger charge is 2.27. The number of halogens is 1. The van der Waals surface area contributed by atoms with E-state index < -0.39 is 0 Å². The smallest absolute Gasteiger partial charge is 0.255 e. The largest absolute Gasteiger partial charge is 1.00 e. The maximum absolute atomic E-state index is 7.13. The standard InChI is InChI=1S/C58H61N4O.ClH/c1-36(2)45-19-16-20-46(37(3)4)56(45)40-30-42(60-35-61(53-25-15-14-24-52(53)60)57-47(38(5)6)21-17-22-48(57)39(7)8)33-44(31-40)63-43-26-27-50-49-18-12-13-23-51(49)62(54(50)34-43)55-32-41(28-29-59-55)58(9,10)11;/h12-39H,1-11H3;1H/q+1;/p-1. The Bertz CT molecular complexity index is 3110. The van der Waals surface area contributed by atoms with Crippen LogP contribution in [-0.4, -0.2) is 14.1 Å². The zero-order valence-electron chi connectivity index (χ0n) is 39.2. The molecule has 6 aromatic carbocycles. The van der Waals surface area contributed by atoms with E-state index in [4.69, 9.17) is 9.72 Å². The molecule has 0 aliphatic carbocycles. The van der Waals surface area contributed by atoms with Crippen LogP contribution >= 0.6 is 0 Å². The van der Waals surface area contributed by atoms with Gasteiger partial charge in [-0.3, -0.25) is 4.57 Å². The molecule has 3 aromatic heterocycles. The van der Waals surface area contributed by atoms with Crippen molar-refractivity contribution in [3.05, 3.63) is 174 Å². The summed E-state index contributed by atoms with van der Waals surface area (Å²) < 4.78 is 14.2. The first-order chi connectivity index (χ1) is 30.2. The highest BCUT2D eigenvalue weighted by Crippen LogP contribution is 2.41. The van der Waals surface area contributed by atoms with Crippen LogP contribution < -0.4 is 21.7 Å². The van der Waals surface area contributed by atoms with Gasteiger partial charge < -0.3 is 17.1 Å². The molecule has 326 valence electrons. The lowest BCUT2D eigenvalue weighted by molar-refractivity contribution is -0.569. The van der Waals surface area contributed by atoms with Crippen LogP contribution in [0.25, 0.3) is 61.2 Å². The van der Waals surface area contributed by atoms with E-state index in [9.17, 15) is 0 Å². The van der Waals surface area contributed by atoms with Gasteiger partial charge in [0.05, 0.1) is 11.0 Å². The molecule has 9 aromatic rings.